The molecule has 2 aromatic carbocycles. The largest absolute Gasteiger partial charge is 0.454 e. The maximum Gasteiger partial charge on any atom is 0.255 e. The van der Waals surface area contributed by atoms with Crippen molar-refractivity contribution >= 4 is 21.6 Å². The number of hydrogen-bond acceptors (Lipinski definition) is 5. The van der Waals surface area contributed by atoms with Gasteiger partial charge in [0.1, 0.15) is 0 Å². The molecule has 0 aromatic heterocycles. The normalized spacial score (nSPS) is 13.0. The number of anilines is 1. The first-order valence-electron chi connectivity index (χ1n) is 7.11. The molecule has 0 unspecified atom stereocenters. The van der Waals surface area contributed by atoms with Crippen LogP contribution in [0.3, 0.4) is 0 Å². The van der Waals surface area contributed by atoms with E-state index in [1.165, 1.54) is 6.07 Å². The quantitative estimate of drug-likeness (QED) is 0.881. The number of rotatable bonds is 3. The Morgan fingerprint density at radius 1 is 1.12 bits per heavy atom. The maximum atomic E-state index is 12.4. The number of fused-ring (bicyclic) bond motifs is 1. The second-order valence-electron chi connectivity index (χ2n) is 5.48. The molecule has 0 atom stereocenters. The standard InChI is InChI=1S/C16H16N2O5S/c1-9-5-11(6-15(10(9)2)24(17,20)21)16(19)18-12-3-4-13-14(7-12)23-8-22-13/h3-7H,8H2,1-2H3,(H,18,19)(H2,17,20,21). The number of carbonyl (C=O) groups excluding carboxylic acids is 1. The first kappa shape index (κ1) is 16.3. The topological polar surface area (TPSA) is 108 Å². The molecule has 1 aliphatic heterocycles. The van der Waals surface area contributed by atoms with Gasteiger partial charge in [-0.1, -0.05) is 0 Å². The van der Waals surface area contributed by atoms with E-state index in [2.05, 4.69) is 5.32 Å². The Kier molecular flexibility index (Phi) is 3.94. The monoisotopic (exact) mass is 348 g/mol. The second kappa shape index (κ2) is 5.81. The Labute approximate surface area is 139 Å². The molecule has 3 rings (SSSR count). The number of nitrogens with two attached hydrogens (primary N) is 1. The summed E-state index contributed by atoms with van der Waals surface area (Å²) in [6, 6.07) is 7.90. The molecule has 0 bridgehead atoms. The number of aryl methyl sites for hydroxylation is 1. The van der Waals surface area contributed by atoms with Gasteiger partial charge in [-0.05, 0) is 49.2 Å². The van der Waals surface area contributed by atoms with Crippen LogP contribution < -0.4 is 19.9 Å². The average Bonchev–Trinajstić information content (AvgIpc) is 2.96. The van der Waals surface area contributed by atoms with Crippen molar-refractivity contribution < 1.29 is 22.7 Å². The van der Waals surface area contributed by atoms with E-state index in [0.29, 0.717) is 28.3 Å². The van der Waals surface area contributed by atoms with E-state index in [1.54, 1.807) is 38.1 Å². The zero-order valence-electron chi connectivity index (χ0n) is 13.1. The van der Waals surface area contributed by atoms with Crippen LogP contribution in [0.2, 0.25) is 0 Å². The van der Waals surface area contributed by atoms with E-state index in [0.717, 1.165) is 0 Å². The van der Waals surface area contributed by atoms with Crippen LogP contribution in [-0.4, -0.2) is 21.1 Å². The average molecular weight is 348 g/mol. The van der Waals surface area contributed by atoms with Gasteiger partial charge >= 0.3 is 0 Å². The van der Waals surface area contributed by atoms with Gasteiger partial charge < -0.3 is 14.8 Å². The van der Waals surface area contributed by atoms with Crippen LogP contribution in [0.15, 0.2) is 35.2 Å². The molecule has 0 aliphatic carbocycles. The molecule has 7 nitrogen and oxygen atoms in total. The van der Waals surface area contributed by atoms with E-state index in [4.69, 9.17) is 14.6 Å². The van der Waals surface area contributed by atoms with Crippen LogP contribution >= 0.6 is 0 Å². The Balaban J connectivity index is 1.92. The van der Waals surface area contributed by atoms with Gasteiger partial charge in [-0.2, -0.15) is 0 Å². The fourth-order valence-electron chi connectivity index (χ4n) is 2.43. The molecule has 1 aliphatic rings. The molecule has 0 spiro atoms. The van der Waals surface area contributed by atoms with Crippen molar-refractivity contribution in [2.24, 2.45) is 5.14 Å². The van der Waals surface area contributed by atoms with Crippen LogP contribution in [-0.2, 0) is 10.0 Å². The molecule has 0 saturated carbocycles. The highest BCUT2D eigenvalue weighted by molar-refractivity contribution is 7.89. The molecule has 0 radical (unpaired) electrons. The number of sulfonamides is 1. The summed E-state index contributed by atoms with van der Waals surface area (Å²) in [6.07, 6.45) is 0. The van der Waals surface area contributed by atoms with E-state index in [1.807, 2.05) is 0 Å². The highest BCUT2D eigenvalue weighted by Crippen LogP contribution is 2.34. The van der Waals surface area contributed by atoms with Crippen molar-refractivity contribution in [2.45, 2.75) is 18.7 Å². The van der Waals surface area contributed by atoms with Crippen molar-refractivity contribution in [3.63, 3.8) is 0 Å². The Morgan fingerprint density at radius 2 is 1.83 bits per heavy atom. The van der Waals surface area contributed by atoms with E-state index in [-0.39, 0.29) is 17.3 Å². The second-order valence-corrected chi connectivity index (χ2v) is 7.01. The fourth-order valence-corrected chi connectivity index (χ4v) is 3.31. The molecule has 24 heavy (non-hydrogen) atoms. The van der Waals surface area contributed by atoms with Crippen LogP contribution in [0.1, 0.15) is 21.5 Å². The Hall–Kier alpha value is -2.58. The van der Waals surface area contributed by atoms with Crippen LogP contribution in [0.5, 0.6) is 11.5 Å². The molecule has 3 N–H and O–H groups in total. The molecule has 0 fully saturated rings. The molecular formula is C16H16N2O5S. The summed E-state index contributed by atoms with van der Waals surface area (Å²) in [5, 5.41) is 7.92. The lowest BCUT2D eigenvalue weighted by molar-refractivity contribution is 0.102. The smallest absolute Gasteiger partial charge is 0.255 e. The minimum absolute atomic E-state index is 0.0571. The predicted molar refractivity (Wildman–Crippen MR) is 87.8 cm³/mol. The molecular weight excluding hydrogens is 332 g/mol. The number of primary sulfonamides is 1. The van der Waals surface area contributed by atoms with Gasteiger partial charge in [0, 0.05) is 17.3 Å². The van der Waals surface area contributed by atoms with Gasteiger partial charge in [0.15, 0.2) is 11.5 Å². The lowest BCUT2D eigenvalue weighted by Crippen LogP contribution is -2.17. The minimum Gasteiger partial charge on any atom is -0.454 e. The lowest BCUT2D eigenvalue weighted by atomic mass is 10.1. The van der Waals surface area contributed by atoms with E-state index < -0.39 is 15.9 Å². The predicted octanol–water partition coefficient (Wildman–Crippen LogP) is 1.93. The third-order valence-electron chi connectivity index (χ3n) is 3.82. The van der Waals surface area contributed by atoms with Crippen LogP contribution in [0.4, 0.5) is 5.69 Å². The fraction of sp³-hybridized carbons (Fsp3) is 0.188. The number of carbonyl (C=O) groups is 1. The lowest BCUT2D eigenvalue weighted by Gasteiger charge is -2.11. The SMILES string of the molecule is Cc1cc(C(=O)Nc2ccc3c(c2)OCO3)cc(S(N)(=O)=O)c1C. The molecule has 0 saturated heterocycles. The van der Waals surface area contributed by atoms with Gasteiger partial charge in [0.2, 0.25) is 16.8 Å². The number of nitrogens with one attached hydrogen (secondary N) is 1. The Morgan fingerprint density at radius 3 is 2.54 bits per heavy atom. The first-order valence-corrected chi connectivity index (χ1v) is 8.65. The van der Waals surface area contributed by atoms with Crippen LogP contribution in [0, 0.1) is 13.8 Å². The van der Waals surface area contributed by atoms with Crippen molar-refractivity contribution in [3.05, 3.63) is 47.0 Å². The Bertz CT molecular complexity index is 938. The number of benzene rings is 2. The summed E-state index contributed by atoms with van der Waals surface area (Å²) >= 11 is 0. The maximum absolute atomic E-state index is 12.4. The minimum atomic E-state index is -3.91. The molecule has 1 heterocycles. The number of amides is 1. The van der Waals surface area contributed by atoms with Crippen molar-refractivity contribution in [1.29, 1.82) is 0 Å². The summed E-state index contributed by atoms with van der Waals surface area (Å²) in [4.78, 5) is 12.4. The van der Waals surface area contributed by atoms with E-state index in [9.17, 15) is 13.2 Å². The first-order chi connectivity index (χ1) is 11.3. The van der Waals surface area contributed by atoms with Crippen molar-refractivity contribution in [3.8, 4) is 11.5 Å². The third kappa shape index (κ3) is 3.06. The van der Waals surface area contributed by atoms with Crippen molar-refractivity contribution in [2.75, 3.05) is 12.1 Å². The van der Waals surface area contributed by atoms with E-state index >= 15 is 0 Å². The summed E-state index contributed by atoms with van der Waals surface area (Å²) in [5.41, 5.74) is 1.91. The molecule has 8 heteroatoms. The summed E-state index contributed by atoms with van der Waals surface area (Å²) in [6.45, 7) is 3.51. The van der Waals surface area contributed by atoms with Gasteiger partial charge in [0.05, 0.1) is 4.90 Å². The zero-order valence-corrected chi connectivity index (χ0v) is 13.9. The van der Waals surface area contributed by atoms with Crippen LogP contribution in [0.25, 0.3) is 0 Å². The molecule has 126 valence electrons. The van der Waals surface area contributed by atoms with Gasteiger partial charge in [-0.15, -0.1) is 0 Å². The molecule has 2 aromatic rings. The summed E-state index contributed by atoms with van der Waals surface area (Å²) < 4.78 is 33.8. The number of hydrogen-bond donors (Lipinski definition) is 2. The van der Waals surface area contributed by atoms with Gasteiger partial charge in [0.25, 0.3) is 5.91 Å². The van der Waals surface area contributed by atoms with Gasteiger partial charge in [-0.3, -0.25) is 4.79 Å². The highest BCUT2D eigenvalue weighted by atomic mass is 32.2. The summed E-state index contributed by atoms with van der Waals surface area (Å²) in [7, 11) is -3.91. The number of ether oxygens (including phenoxy) is 2. The van der Waals surface area contributed by atoms with Crippen molar-refractivity contribution in [1.82, 2.24) is 0 Å². The van der Waals surface area contributed by atoms with Gasteiger partial charge in [-0.25, -0.2) is 13.6 Å². The molecule has 1 amide bonds. The zero-order chi connectivity index (χ0) is 17.5. The summed E-state index contributed by atoms with van der Waals surface area (Å²) in [5.74, 6) is 0.704. The third-order valence-corrected chi connectivity index (χ3v) is 4.86. The highest BCUT2D eigenvalue weighted by Gasteiger charge is 2.19.